The van der Waals surface area contributed by atoms with E-state index in [0.29, 0.717) is 19.7 Å². The fourth-order valence-electron chi connectivity index (χ4n) is 4.08. The van der Waals surface area contributed by atoms with Gasteiger partial charge in [-0.15, -0.1) is 0 Å². The number of hydrogen-bond acceptors (Lipinski definition) is 5. The van der Waals surface area contributed by atoms with Crippen molar-refractivity contribution in [3.63, 3.8) is 0 Å². The minimum Gasteiger partial charge on any atom is -0.491 e. The predicted octanol–water partition coefficient (Wildman–Crippen LogP) is 2.29. The Morgan fingerprint density at radius 3 is 2.67 bits per heavy atom. The largest absolute Gasteiger partial charge is 0.491 e. The smallest absolute Gasteiger partial charge is 0.321 e. The van der Waals surface area contributed by atoms with E-state index < -0.39 is 0 Å². The maximum Gasteiger partial charge on any atom is 0.321 e. The summed E-state index contributed by atoms with van der Waals surface area (Å²) in [4.78, 5) is 30.6. The van der Waals surface area contributed by atoms with E-state index in [0.717, 1.165) is 29.8 Å². The van der Waals surface area contributed by atoms with Crippen LogP contribution in [0.5, 0.6) is 5.75 Å². The lowest BCUT2D eigenvalue weighted by Crippen LogP contribution is -2.46. The zero-order chi connectivity index (χ0) is 20.9. The lowest BCUT2D eigenvalue weighted by molar-refractivity contribution is -0.122. The molecule has 0 spiro atoms. The number of piperidine rings is 1. The molecule has 0 bridgehead atoms. The van der Waals surface area contributed by atoms with Crippen molar-refractivity contribution in [3.8, 4) is 5.75 Å². The first-order chi connectivity index (χ1) is 14.6. The SMILES string of the molecule is NC(CC(=O)NC1COc2ccccc21)C1CCN(C(=O)Nc2ccncc2)CC1. The lowest BCUT2D eigenvalue weighted by atomic mass is 9.88. The van der Waals surface area contributed by atoms with E-state index in [4.69, 9.17) is 10.5 Å². The number of rotatable bonds is 5. The molecule has 2 aliphatic rings. The van der Waals surface area contributed by atoms with Crippen LogP contribution in [-0.4, -0.2) is 47.6 Å². The summed E-state index contributed by atoms with van der Waals surface area (Å²) in [6.45, 7) is 1.70. The second-order valence-electron chi connectivity index (χ2n) is 7.83. The van der Waals surface area contributed by atoms with Crippen LogP contribution in [0.25, 0.3) is 0 Å². The number of ether oxygens (including phenoxy) is 1. The Morgan fingerprint density at radius 2 is 1.90 bits per heavy atom. The molecule has 8 heteroatoms. The highest BCUT2D eigenvalue weighted by molar-refractivity contribution is 5.89. The Bertz CT molecular complexity index is 883. The molecule has 4 N–H and O–H groups in total. The summed E-state index contributed by atoms with van der Waals surface area (Å²) in [5.41, 5.74) is 8.08. The van der Waals surface area contributed by atoms with Crippen molar-refractivity contribution in [1.82, 2.24) is 15.2 Å². The molecule has 4 rings (SSSR count). The minimum atomic E-state index is -0.229. The summed E-state index contributed by atoms with van der Waals surface area (Å²) in [5, 5.41) is 5.91. The number of nitrogens with one attached hydrogen (secondary N) is 2. The Kier molecular flexibility index (Phi) is 6.13. The van der Waals surface area contributed by atoms with Gasteiger partial charge in [-0.2, -0.15) is 0 Å². The Balaban J connectivity index is 1.22. The highest BCUT2D eigenvalue weighted by Gasteiger charge is 2.30. The summed E-state index contributed by atoms with van der Waals surface area (Å²) in [6.07, 6.45) is 5.12. The van der Waals surface area contributed by atoms with Gasteiger partial charge in [0.2, 0.25) is 5.91 Å². The number of pyridine rings is 1. The number of nitrogens with zero attached hydrogens (tertiary/aromatic N) is 2. The number of carbonyl (C=O) groups is 2. The molecule has 2 unspecified atom stereocenters. The first-order valence-electron chi connectivity index (χ1n) is 10.3. The maximum atomic E-state index is 12.5. The normalized spacial score (nSPS) is 19.5. The zero-order valence-electron chi connectivity index (χ0n) is 16.8. The molecule has 1 aromatic carbocycles. The molecule has 1 saturated heterocycles. The third-order valence-corrected chi connectivity index (χ3v) is 5.82. The molecule has 1 fully saturated rings. The van der Waals surface area contributed by atoms with Crippen LogP contribution >= 0.6 is 0 Å². The third-order valence-electron chi connectivity index (χ3n) is 5.82. The van der Waals surface area contributed by atoms with Crippen LogP contribution < -0.4 is 21.1 Å². The number of fused-ring (bicyclic) bond motifs is 1. The number of anilines is 1. The quantitative estimate of drug-likeness (QED) is 0.702. The summed E-state index contributed by atoms with van der Waals surface area (Å²) in [6, 6.07) is 10.8. The van der Waals surface area contributed by atoms with Gasteiger partial charge in [-0.3, -0.25) is 9.78 Å². The number of carbonyl (C=O) groups excluding carboxylic acids is 2. The molecule has 0 saturated carbocycles. The van der Waals surface area contributed by atoms with Crippen LogP contribution in [0.2, 0.25) is 0 Å². The molecule has 158 valence electrons. The van der Waals surface area contributed by atoms with Crippen molar-refractivity contribution in [3.05, 3.63) is 54.4 Å². The highest BCUT2D eigenvalue weighted by atomic mass is 16.5. The van der Waals surface area contributed by atoms with Crippen LogP contribution in [0.1, 0.15) is 30.9 Å². The topological polar surface area (TPSA) is 110 Å². The molecule has 1 aromatic heterocycles. The van der Waals surface area contributed by atoms with Gasteiger partial charge in [0.05, 0.1) is 6.04 Å². The van der Waals surface area contributed by atoms with Crippen molar-refractivity contribution in [1.29, 1.82) is 0 Å². The Morgan fingerprint density at radius 1 is 1.17 bits per heavy atom. The van der Waals surface area contributed by atoms with E-state index in [2.05, 4.69) is 15.6 Å². The molecular formula is C22H27N5O3. The molecule has 3 heterocycles. The second-order valence-corrected chi connectivity index (χ2v) is 7.83. The summed E-state index contributed by atoms with van der Waals surface area (Å²) < 4.78 is 5.62. The van der Waals surface area contributed by atoms with Gasteiger partial charge < -0.3 is 26.0 Å². The van der Waals surface area contributed by atoms with Crippen LogP contribution in [0.4, 0.5) is 10.5 Å². The number of urea groups is 1. The van der Waals surface area contributed by atoms with E-state index in [1.54, 1.807) is 29.4 Å². The monoisotopic (exact) mass is 409 g/mol. The van der Waals surface area contributed by atoms with Gasteiger partial charge in [-0.25, -0.2) is 4.79 Å². The summed E-state index contributed by atoms with van der Waals surface area (Å²) in [7, 11) is 0. The summed E-state index contributed by atoms with van der Waals surface area (Å²) in [5.74, 6) is 0.975. The standard InChI is InChI=1S/C22H27N5O3/c23-18(13-21(28)26-19-14-30-20-4-2-1-3-17(19)20)15-7-11-27(12-8-15)22(29)25-16-5-9-24-10-6-16/h1-6,9-10,15,18-19H,7-8,11-14,23H2,(H,26,28)(H,24,25,29). The van der Waals surface area contributed by atoms with Gasteiger partial charge in [-0.1, -0.05) is 18.2 Å². The molecule has 0 aliphatic carbocycles. The van der Waals surface area contributed by atoms with Crippen molar-refractivity contribution >= 4 is 17.6 Å². The van der Waals surface area contributed by atoms with Gasteiger partial charge in [0.25, 0.3) is 0 Å². The molecule has 30 heavy (non-hydrogen) atoms. The van der Waals surface area contributed by atoms with Crippen LogP contribution in [0, 0.1) is 5.92 Å². The number of nitrogens with two attached hydrogens (primary N) is 1. The van der Waals surface area contributed by atoms with Crippen LogP contribution in [-0.2, 0) is 4.79 Å². The number of benzene rings is 1. The first-order valence-corrected chi connectivity index (χ1v) is 10.3. The average molecular weight is 409 g/mol. The summed E-state index contributed by atoms with van der Waals surface area (Å²) >= 11 is 0. The number of likely N-dealkylation sites (tertiary alicyclic amines) is 1. The highest BCUT2D eigenvalue weighted by Crippen LogP contribution is 2.31. The minimum absolute atomic E-state index is 0.0642. The van der Waals surface area contributed by atoms with Gasteiger partial charge in [0.15, 0.2) is 0 Å². The maximum absolute atomic E-state index is 12.5. The number of para-hydroxylation sites is 1. The fraction of sp³-hybridized carbons (Fsp3) is 0.409. The van der Waals surface area contributed by atoms with Gasteiger partial charge in [0, 0.05) is 49.2 Å². The van der Waals surface area contributed by atoms with Crippen molar-refractivity contribution in [2.24, 2.45) is 11.7 Å². The number of aromatic nitrogens is 1. The van der Waals surface area contributed by atoms with Crippen LogP contribution in [0.15, 0.2) is 48.8 Å². The molecular weight excluding hydrogens is 382 g/mol. The number of hydrogen-bond donors (Lipinski definition) is 3. The van der Waals surface area contributed by atoms with Crippen LogP contribution in [0.3, 0.4) is 0 Å². The van der Waals surface area contributed by atoms with Crippen molar-refractivity contribution in [2.45, 2.75) is 31.3 Å². The van der Waals surface area contributed by atoms with E-state index in [1.807, 2.05) is 24.3 Å². The van der Waals surface area contributed by atoms with E-state index >= 15 is 0 Å². The van der Waals surface area contributed by atoms with Gasteiger partial charge in [-0.05, 0) is 37.0 Å². The van der Waals surface area contributed by atoms with Gasteiger partial charge >= 0.3 is 6.03 Å². The van der Waals surface area contributed by atoms with E-state index in [9.17, 15) is 9.59 Å². The Labute approximate surface area is 175 Å². The lowest BCUT2D eigenvalue weighted by Gasteiger charge is -2.34. The Hall–Kier alpha value is -3.13. The molecule has 2 atom stereocenters. The number of amides is 3. The predicted molar refractivity (Wildman–Crippen MR) is 113 cm³/mol. The molecule has 0 radical (unpaired) electrons. The molecule has 3 amide bonds. The fourth-order valence-corrected chi connectivity index (χ4v) is 4.08. The van der Waals surface area contributed by atoms with Gasteiger partial charge in [0.1, 0.15) is 12.4 Å². The third kappa shape index (κ3) is 4.71. The second kappa shape index (κ2) is 9.13. The molecule has 2 aromatic rings. The molecule has 2 aliphatic heterocycles. The average Bonchev–Trinajstić information content (AvgIpc) is 3.17. The van der Waals surface area contributed by atoms with Crippen molar-refractivity contribution in [2.75, 3.05) is 25.0 Å². The zero-order valence-corrected chi connectivity index (χ0v) is 16.8. The first kappa shape index (κ1) is 20.2. The van der Waals surface area contributed by atoms with Crippen molar-refractivity contribution < 1.29 is 14.3 Å². The van der Waals surface area contributed by atoms with E-state index in [-0.39, 0.29) is 36.4 Å². The van der Waals surface area contributed by atoms with E-state index in [1.165, 1.54) is 0 Å². The molecule has 8 nitrogen and oxygen atoms in total.